The van der Waals surface area contributed by atoms with Crippen LogP contribution >= 0.6 is 0 Å². The number of hydrogen-bond acceptors (Lipinski definition) is 3. The van der Waals surface area contributed by atoms with Gasteiger partial charge in [-0.1, -0.05) is 25.3 Å². The molecule has 0 atom stereocenters. The summed E-state index contributed by atoms with van der Waals surface area (Å²) in [5.74, 6) is -1.90. The van der Waals surface area contributed by atoms with Gasteiger partial charge < -0.3 is 4.90 Å². The van der Waals surface area contributed by atoms with Gasteiger partial charge in [-0.15, -0.1) is 0 Å². The fraction of sp³-hybridized carbons (Fsp3) is 0.409. The first kappa shape index (κ1) is 20.9. The summed E-state index contributed by atoms with van der Waals surface area (Å²) in [5.41, 5.74) is 0.668. The average molecular weight is 435 g/mol. The Hall–Kier alpha value is -2.32. The first-order valence-corrected chi connectivity index (χ1v) is 11.6. The summed E-state index contributed by atoms with van der Waals surface area (Å²) in [4.78, 5) is 14.4. The third-order valence-corrected chi connectivity index (χ3v) is 8.01. The highest BCUT2D eigenvalue weighted by Crippen LogP contribution is 2.33. The van der Waals surface area contributed by atoms with E-state index >= 15 is 0 Å². The Morgan fingerprint density at radius 3 is 2.57 bits per heavy atom. The molecular weight excluding hydrogens is 410 g/mol. The molecule has 160 valence electrons. The highest BCUT2D eigenvalue weighted by molar-refractivity contribution is 7.89. The van der Waals surface area contributed by atoms with Crippen LogP contribution in [0, 0.1) is 11.6 Å². The molecule has 1 aliphatic heterocycles. The van der Waals surface area contributed by atoms with Crippen molar-refractivity contribution >= 4 is 21.6 Å². The van der Waals surface area contributed by atoms with Crippen LogP contribution < -0.4 is 4.90 Å². The summed E-state index contributed by atoms with van der Waals surface area (Å²) in [5, 5.41) is 0. The van der Waals surface area contributed by atoms with Gasteiger partial charge in [-0.25, -0.2) is 17.2 Å². The van der Waals surface area contributed by atoms with Gasteiger partial charge >= 0.3 is 0 Å². The number of halogens is 2. The highest BCUT2D eigenvalue weighted by Gasteiger charge is 2.32. The van der Waals surface area contributed by atoms with Crippen LogP contribution in [0.1, 0.15) is 48.0 Å². The van der Waals surface area contributed by atoms with Crippen molar-refractivity contribution in [3.63, 3.8) is 0 Å². The maximum Gasteiger partial charge on any atom is 0.258 e. The molecule has 0 aromatic heterocycles. The molecule has 0 unspecified atom stereocenters. The SMILES string of the molecule is CN(C1CCCCC1)S(=O)(=O)c1cccc(C(=O)N2CCc3c(F)cc(F)cc32)c1. The van der Waals surface area contributed by atoms with Crippen molar-refractivity contribution in [3.05, 3.63) is 59.2 Å². The van der Waals surface area contributed by atoms with Crippen molar-refractivity contribution in [2.24, 2.45) is 0 Å². The molecule has 1 aliphatic carbocycles. The zero-order valence-electron chi connectivity index (χ0n) is 16.8. The maximum atomic E-state index is 14.0. The molecule has 1 fully saturated rings. The molecule has 2 aromatic carbocycles. The standard InChI is InChI=1S/C22H24F2N2O3S/c1-25(17-7-3-2-4-8-17)30(28,29)18-9-5-6-15(12-18)22(27)26-11-10-19-20(24)13-16(23)14-21(19)26/h5-6,9,12-14,17H,2-4,7-8,10-11H2,1H3. The van der Waals surface area contributed by atoms with Gasteiger partial charge in [0.25, 0.3) is 5.91 Å². The smallest absolute Gasteiger partial charge is 0.258 e. The van der Waals surface area contributed by atoms with Gasteiger partial charge in [-0.3, -0.25) is 4.79 Å². The predicted molar refractivity (Wildman–Crippen MR) is 110 cm³/mol. The fourth-order valence-corrected chi connectivity index (χ4v) is 5.85. The maximum absolute atomic E-state index is 14.0. The molecule has 1 heterocycles. The number of amides is 1. The lowest BCUT2D eigenvalue weighted by molar-refractivity contribution is 0.0989. The number of hydrogen-bond donors (Lipinski definition) is 0. The highest BCUT2D eigenvalue weighted by atomic mass is 32.2. The molecule has 0 saturated heterocycles. The monoisotopic (exact) mass is 434 g/mol. The van der Waals surface area contributed by atoms with Gasteiger partial charge in [0, 0.05) is 36.8 Å². The van der Waals surface area contributed by atoms with Gasteiger partial charge in [-0.05, 0) is 43.5 Å². The minimum Gasteiger partial charge on any atom is -0.308 e. The lowest BCUT2D eigenvalue weighted by Gasteiger charge is -2.30. The van der Waals surface area contributed by atoms with E-state index in [1.54, 1.807) is 7.05 Å². The topological polar surface area (TPSA) is 57.7 Å². The van der Waals surface area contributed by atoms with E-state index < -0.39 is 27.6 Å². The third-order valence-electron chi connectivity index (χ3n) is 6.10. The molecule has 1 saturated carbocycles. The molecule has 4 rings (SSSR count). The quantitative estimate of drug-likeness (QED) is 0.727. The Balaban J connectivity index is 1.62. The van der Waals surface area contributed by atoms with Gasteiger partial charge in [0.1, 0.15) is 11.6 Å². The summed E-state index contributed by atoms with van der Waals surface area (Å²) < 4.78 is 55.3. The molecule has 0 radical (unpaired) electrons. The van der Waals surface area contributed by atoms with Crippen molar-refractivity contribution in [2.75, 3.05) is 18.5 Å². The van der Waals surface area contributed by atoms with E-state index in [-0.39, 0.29) is 35.2 Å². The van der Waals surface area contributed by atoms with Crippen molar-refractivity contribution in [3.8, 4) is 0 Å². The largest absolute Gasteiger partial charge is 0.308 e. The lowest BCUT2D eigenvalue weighted by Crippen LogP contribution is -2.38. The predicted octanol–water partition coefficient (Wildman–Crippen LogP) is 4.12. The van der Waals surface area contributed by atoms with E-state index in [4.69, 9.17) is 0 Å². The number of benzene rings is 2. The summed E-state index contributed by atoms with van der Waals surface area (Å²) >= 11 is 0. The number of nitrogens with zero attached hydrogens (tertiary/aromatic N) is 2. The second-order valence-corrected chi connectivity index (χ2v) is 9.93. The molecule has 2 aliphatic rings. The Morgan fingerprint density at radius 2 is 1.83 bits per heavy atom. The van der Waals surface area contributed by atoms with Crippen LogP contribution in [0.15, 0.2) is 41.3 Å². The minimum absolute atomic E-state index is 0.0421. The number of carbonyl (C=O) groups is 1. The Kier molecular flexibility index (Phi) is 5.63. The van der Waals surface area contributed by atoms with E-state index in [2.05, 4.69) is 0 Å². The van der Waals surface area contributed by atoms with Crippen LogP contribution in [0.25, 0.3) is 0 Å². The first-order chi connectivity index (χ1) is 14.3. The van der Waals surface area contributed by atoms with Gasteiger partial charge in [-0.2, -0.15) is 4.31 Å². The normalized spacial score (nSPS) is 17.4. The van der Waals surface area contributed by atoms with Crippen LogP contribution in [0.4, 0.5) is 14.5 Å². The van der Waals surface area contributed by atoms with Crippen LogP contribution in [-0.4, -0.2) is 38.3 Å². The molecule has 2 aromatic rings. The van der Waals surface area contributed by atoms with Gasteiger partial charge in [0.2, 0.25) is 10.0 Å². The lowest BCUT2D eigenvalue weighted by atomic mass is 9.96. The zero-order chi connectivity index (χ0) is 21.5. The molecular formula is C22H24F2N2O3S. The Morgan fingerprint density at radius 1 is 1.10 bits per heavy atom. The van der Waals surface area contributed by atoms with E-state index in [0.29, 0.717) is 5.56 Å². The number of sulfonamides is 1. The van der Waals surface area contributed by atoms with Crippen LogP contribution in [0.3, 0.4) is 0 Å². The minimum atomic E-state index is -3.75. The molecule has 8 heteroatoms. The molecule has 0 spiro atoms. The fourth-order valence-electron chi connectivity index (χ4n) is 4.39. The summed E-state index contributed by atoms with van der Waals surface area (Å²) in [6.45, 7) is 0.216. The van der Waals surface area contributed by atoms with Crippen LogP contribution in [0.2, 0.25) is 0 Å². The van der Waals surface area contributed by atoms with Crippen molar-refractivity contribution < 1.29 is 22.0 Å². The third kappa shape index (κ3) is 3.74. The molecule has 30 heavy (non-hydrogen) atoms. The number of rotatable bonds is 4. The number of carbonyl (C=O) groups excluding carboxylic acids is 1. The van der Waals surface area contributed by atoms with E-state index in [1.807, 2.05) is 0 Å². The van der Waals surface area contributed by atoms with Crippen LogP contribution in [-0.2, 0) is 16.4 Å². The van der Waals surface area contributed by atoms with Crippen molar-refractivity contribution in [1.82, 2.24) is 4.31 Å². The zero-order valence-corrected chi connectivity index (χ0v) is 17.6. The number of anilines is 1. The molecule has 0 bridgehead atoms. The van der Waals surface area contributed by atoms with E-state index in [9.17, 15) is 22.0 Å². The van der Waals surface area contributed by atoms with Crippen molar-refractivity contribution in [2.45, 2.75) is 49.5 Å². The first-order valence-electron chi connectivity index (χ1n) is 10.2. The van der Waals surface area contributed by atoms with E-state index in [1.165, 1.54) is 33.5 Å². The summed E-state index contributed by atoms with van der Waals surface area (Å²) in [6.07, 6.45) is 5.07. The number of fused-ring (bicyclic) bond motifs is 1. The van der Waals surface area contributed by atoms with Crippen LogP contribution in [0.5, 0.6) is 0 Å². The summed E-state index contributed by atoms with van der Waals surface area (Å²) in [6, 6.07) is 7.78. The van der Waals surface area contributed by atoms with Gasteiger partial charge in [0.05, 0.1) is 10.6 Å². The second kappa shape index (κ2) is 8.07. The van der Waals surface area contributed by atoms with Gasteiger partial charge in [0.15, 0.2) is 0 Å². The van der Waals surface area contributed by atoms with Crippen molar-refractivity contribution in [1.29, 1.82) is 0 Å². The second-order valence-electron chi connectivity index (χ2n) is 7.93. The van der Waals surface area contributed by atoms with E-state index in [0.717, 1.165) is 44.2 Å². The Labute approximate surface area is 175 Å². The molecule has 1 amide bonds. The molecule has 5 nitrogen and oxygen atoms in total. The Bertz CT molecular complexity index is 1080. The molecule has 0 N–H and O–H groups in total. The average Bonchev–Trinajstić information content (AvgIpc) is 3.17. The summed E-state index contributed by atoms with van der Waals surface area (Å²) in [7, 11) is -2.16.